The monoisotopic (exact) mass is 480 g/mol. The van der Waals surface area contributed by atoms with Crippen LogP contribution in [0.5, 0.6) is 5.75 Å². The Labute approximate surface area is 203 Å². The van der Waals surface area contributed by atoms with Crippen LogP contribution in [-0.4, -0.2) is 55.1 Å². The lowest BCUT2D eigenvalue weighted by molar-refractivity contribution is -0.150. The Balaban J connectivity index is 0.00000181. The number of hydrogen-bond acceptors (Lipinski definition) is 5. The van der Waals surface area contributed by atoms with E-state index in [1.807, 2.05) is 55.5 Å². The predicted octanol–water partition coefficient (Wildman–Crippen LogP) is 4.31. The molecule has 176 valence electrons. The van der Waals surface area contributed by atoms with Crippen LogP contribution >= 0.6 is 24.8 Å². The van der Waals surface area contributed by atoms with Crippen LogP contribution in [0, 0.1) is 5.92 Å². The second kappa shape index (κ2) is 11.9. The Kier molecular flexibility index (Phi) is 9.83. The number of Topliss-reactive ketones (excluding diaryl/α,β-unsaturated/α-hetero) is 1. The number of piperazine rings is 1. The minimum atomic E-state index is -1.36. The SMILES string of the molecule is CCOc1ccccc1N1CCN(CC(=O)C(O)(c2ccccc2)C2CCC2)CC1.Cl.Cl. The maximum Gasteiger partial charge on any atom is 0.183 e. The fraction of sp³-hybridized carbons (Fsp3) is 0.480. The molecule has 2 fully saturated rings. The third kappa shape index (κ3) is 5.40. The van der Waals surface area contributed by atoms with Crippen molar-refractivity contribution >= 4 is 36.3 Å². The van der Waals surface area contributed by atoms with Crippen LogP contribution < -0.4 is 9.64 Å². The largest absolute Gasteiger partial charge is 0.492 e. The minimum absolute atomic E-state index is 0. The quantitative estimate of drug-likeness (QED) is 0.609. The molecule has 2 aromatic carbocycles. The number of benzene rings is 2. The number of carbonyl (C=O) groups is 1. The van der Waals surface area contributed by atoms with Gasteiger partial charge in [-0.2, -0.15) is 0 Å². The van der Waals surface area contributed by atoms with Crippen molar-refractivity contribution < 1.29 is 14.6 Å². The molecule has 7 heteroatoms. The Morgan fingerprint density at radius 2 is 1.62 bits per heavy atom. The first-order valence-corrected chi connectivity index (χ1v) is 11.1. The Morgan fingerprint density at radius 1 is 1.00 bits per heavy atom. The summed E-state index contributed by atoms with van der Waals surface area (Å²) in [6.07, 6.45) is 2.92. The highest BCUT2D eigenvalue weighted by molar-refractivity contribution is 5.90. The fourth-order valence-electron chi connectivity index (χ4n) is 4.61. The van der Waals surface area contributed by atoms with Crippen molar-refractivity contribution in [2.75, 3.05) is 44.2 Å². The molecule has 0 amide bonds. The third-order valence-electron chi connectivity index (χ3n) is 6.58. The molecule has 1 unspecified atom stereocenters. The number of hydrogen-bond donors (Lipinski definition) is 1. The standard InChI is InChI=1S/C25H32N2O3.2ClH/c1-2-30-23-14-7-6-13-22(23)27-17-15-26(16-18-27)19-24(28)25(29,21-11-8-12-21)20-9-4-3-5-10-20;;/h3-7,9-10,13-14,21,29H,2,8,11-12,15-19H2,1H3;2*1H. The smallest absolute Gasteiger partial charge is 0.183 e. The molecular formula is C25H34Cl2N2O3. The van der Waals surface area contributed by atoms with Crippen LogP contribution in [0.2, 0.25) is 0 Å². The summed E-state index contributed by atoms with van der Waals surface area (Å²) in [6, 6.07) is 17.6. The fourth-order valence-corrected chi connectivity index (χ4v) is 4.61. The van der Waals surface area contributed by atoms with Gasteiger partial charge in [0.05, 0.1) is 18.8 Å². The number of ketones is 1. The van der Waals surface area contributed by atoms with E-state index in [1.54, 1.807) is 0 Å². The molecule has 0 aromatic heterocycles. The molecule has 0 spiro atoms. The van der Waals surface area contributed by atoms with Gasteiger partial charge in [-0.25, -0.2) is 0 Å². The van der Waals surface area contributed by atoms with Gasteiger partial charge in [-0.1, -0.05) is 48.9 Å². The molecule has 0 bridgehead atoms. The lowest BCUT2D eigenvalue weighted by atomic mass is 9.67. The average Bonchev–Trinajstić information content (AvgIpc) is 2.74. The summed E-state index contributed by atoms with van der Waals surface area (Å²) in [5.74, 6) is 0.876. The van der Waals surface area contributed by atoms with Crippen LogP contribution in [0.15, 0.2) is 54.6 Å². The van der Waals surface area contributed by atoms with Crippen molar-refractivity contribution in [2.24, 2.45) is 5.92 Å². The number of carbonyl (C=O) groups excluding carboxylic acids is 1. The number of para-hydroxylation sites is 2. The second-order valence-corrected chi connectivity index (χ2v) is 8.35. The lowest BCUT2D eigenvalue weighted by Crippen LogP contribution is -2.53. The van der Waals surface area contributed by atoms with Crippen LogP contribution in [0.3, 0.4) is 0 Å². The molecular weight excluding hydrogens is 447 g/mol. The first-order chi connectivity index (χ1) is 14.6. The number of aliphatic hydroxyl groups is 1. The zero-order valence-corrected chi connectivity index (χ0v) is 20.2. The van der Waals surface area contributed by atoms with Gasteiger partial charge < -0.3 is 14.7 Å². The van der Waals surface area contributed by atoms with Gasteiger partial charge in [-0.05, 0) is 43.4 Å². The molecule has 4 rings (SSSR count). The van der Waals surface area contributed by atoms with E-state index in [-0.39, 0.29) is 36.5 Å². The second-order valence-electron chi connectivity index (χ2n) is 8.35. The Morgan fingerprint density at radius 3 is 2.22 bits per heavy atom. The zero-order chi connectivity index (χ0) is 21.0. The molecule has 0 radical (unpaired) electrons. The molecule has 5 nitrogen and oxygen atoms in total. The van der Waals surface area contributed by atoms with Gasteiger partial charge >= 0.3 is 0 Å². The molecule has 1 aliphatic carbocycles. The summed E-state index contributed by atoms with van der Waals surface area (Å²) in [5, 5.41) is 11.5. The normalized spacial score (nSPS) is 18.5. The molecule has 1 N–H and O–H groups in total. The van der Waals surface area contributed by atoms with E-state index >= 15 is 0 Å². The number of nitrogens with zero attached hydrogens (tertiary/aromatic N) is 2. The zero-order valence-electron chi connectivity index (χ0n) is 18.6. The summed E-state index contributed by atoms with van der Waals surface area (Å²) >= 11 is 0. The summed E-state index contributed by atoms with van der Waals surface area (Å²) < 4.78 is 5.78. The molecule has 1 saturated heterocycles. The predicted molar refractivity (Wildman–Crippen MR) is 133 cm³/mol. The third-order valence-corrected chi connectivity index (χ3v) is 6.58. The van der Waals surface area contributed by atoms with Gasteiger partial charge in [0, 0.05) is 26.2 Å². The minimum Gasteiger partial charge on any atom is -0.492 e. The topological polar surface area (TPSA) is 53.0 Å². The number of rotatable bonds is 8. The van der Waals surface area contributed by atoms with Gasteiger partial charge in [-0.3, -0.25) is 9.69 Å². The highest BCUT2D eigenvalue weighted by Crippen LogP contribution is 2.43. The lowest BCUT2D eigenvalue weighted by Gasteiger charge is -2.42. The first kappa shape index (κ1) is 26.5. The van der Waals surface area contributed by atoms with E-state index in [2.05, 4.69) is 15.9 Å². The molecule has 2 aliphatic rings. The van der Waals surface area contributed by atoms with Crippen LogP contribution in [0.25, 0.3) is 0 Å². The van der Waals surface area contributed by atoms with E-state index in [4.69, 9.17) is 4.74 Å². The van der Waals surface area contributed by atoms with Crippen LogP contribution in [0.4, 0.5) is 5.69 Å². The van der Waals surface area contributed by atoms with Crippen molar-refractivity contribution in [3.05, 3.63) is 60.2 Å². The van der Waals surface area contributed by atoms with E-state index in [0.29, 0.717) is 13.2 Å². The summed E-state index contributed by atoms with van der Waals surface area (Å²) in [4.78, 5) is 17.8. The van der Waals surface area contributed by atoms with Gasteiger partial charge in [0.15, 0.2) is 11.4 Å². The van der Waals surface area contributed by atoms with Gasteiger partial charge in [0.25, 0.3) is 0 Å². The van der Waals surface area contributed by atoms with Crippen molar-refractivity contribution in [3.8, 4) is 5.75 Å². The highest BCUT2D eigenvalue weighted by Gasteiger charge is 2.47. The van der Waals surface area contributed by atoms with E-state index in [1.165, 1.54) is 0 Å². The van der Waals surface area contributed by atoms with Crippen molar-refractivity contribution in [1.29, 1.82) is 0 Å². The summed E-state index contributed by atoms with van der Waals surface area (Å²) in [6.45, 7) is 6.20. The maximum atomic E-state index is 13.3. The van der Waals surface area contributed by atoms with Crippen LogP contribution in [0.1, 0.15) is 31.7 Å². The van der Waals surface area contributed by atoms with Crippen molar-refractivity contribution in [3.63, 3.8) is 0 Å². The van der Waals surface area contributed by atoms with E-state index < -0.39 is 5.60 Å². The summed E-state index contributed by atoms with van der Waals surface area (Å²) in [7, 11) is 0. The molecule has 1 aliphatic heterocycles. The Bertz CT molecular complexity index is 855. The first-order valence-electron chi connectivity index (χ1n) is 11.1. The molecule has 1 saturated carbocycles. The number of anilines is 1. The highest BCUT2D eigenvalue weighted by atomic mass is 35.5. The van der Waals surface area contributed by atoms with Crippen LogP contribution in [-0.2, 0) is 10.4 Å². The average molecular weight is 481 g/mol. The molecule has 2 aromatic rings. The van der Waals surface area contributed by atoms with Gasteiger partial charge in [0.2, 0.25) is 0 Å². The van der Waals surface area contributed by atoms with E-state index in [0.717, 1.165) is 62.4 Å². The number of ether oxygens (including phenoxy) is 1. The van der Waals surface area contributed by atoms with Gasteiger partial charge in [-0.15, -0.1) is 24.8 Å². The number of halogens is 2. The maximum absolute atomic E-state index is 13.3. The molecule has 1 heterocycles. The molecule has 1 atom stereocenters. The molecule has 32 heavy (non-hydrogen) atoms. The summed E-state index contributed by atoms with van der Waals surface area (Å²) in [5.41, 5.74) is 0.489. The van der Waals surface area contributed by atoms with Gasteiger partial charge in [0.1, 0.15) is 5.75 Å². The van der Waals surface area contributed by atoms with E-state index in [9.17, 15) is 9.90 Å². The van der Waals surface area contributed by atoms with Crippen molar-refractivity contribution in [2.45, 2.75) is 31.8 Å². The Hall–Kier alpha value is -1.79. The van der Waals surface area contributed by atoms with Crippen molar-refractivity contribution in [1.82, 2.24) is 4.90 Å².